The number of carbonyl (C=O) groups excluding carboxylic acids is 1. The summed E-state index contributed by atoms with van der Waals surface area (Å²) in [5.41, 5.74) is 1.05. The molecule has 1 atom stereocenters. The molecule has 0 bridgehead atoms. The molecule has 1 aromatic heterocycles. The third-order valence-corrected chi connectivity index (χ3v) is 4.48. The van der Waals surface area contributed by atoms with Gasteiger partial charge < -0.3 is 10.1 Å². The van der Waals surface area contributed by atoms with Crippen molar-refractivity contribution in [2.24, 2.45) is 5.92 Å². The highest BCUT2D eigenvalue weighted by Crippen LogP contribution is 2.27. The number of amides is 1. The zero-order chi connectivity index (χ0) is 21.0. The van der Waals surface area contributed by atoms with Crippen LogP contribution >= 0.6 is 11.6 Å². The number of hydrogen-bond donors (Lipinski definition) is 1. The molecule has 0 fully saturated rings. The van der Waals surface area contributed by atoms with Crippen LogP contribution in [0.3, 0.4) is 0 Å². The Bertz CT molecular complexity index is 888. The highest BCUT2D eigenvalue weighted by Gasteiger charge is 2.19. The maximum absolute atomic E-state index is 12.5. The van der Waals surface area contributed by atoms with Crippen LogP contribution in [0.15, 0.2) is 18.2 Å². The van der Waals surface area contributed by atoms with E-state index in [9.17, 15) is 23.7 Å². The van der Waals surface area contributed by atoms with Crippen molar-refractivity contribution in [3.8, 4) is 5.75 Å². The molecule has 0 saturated carbocycles. The lowest BCUT2D eigenvalue weighted by molar-refractivity contribution is -0.384. The number of aryl methyl sites for hydroxylation is 1. The number of rotatable bonds is 8. The summed E-state index contributed by atoms with van der Waals surface area (Å²) in [7, 11) is 0. The molecule has 152 valence electrons. The predicted molar refractivity (Wildman–Crippen MR) is 99.1 cm³/mol. The minimum absolute atomic E-state index is 0.0710. The summed E-state index contributed by atoms with van der Waals surface area (Å²) < 4.78 is 31.1. The number of nitrogens with zero attached hydrogens (tertiary/aromatic N) is 3. The van der Waals surface area contributed by atoms with E-state index in [-0.39, 0.29) is 23.7 Å². The molecule has 0 aliphatic rings. The number of anilines is 1. The van der Waals surface area contributed by atoms with E-state index in [2.05, 4.69) is 10.4 Å². The van der Waals surface area contributed by atoms with Crippen LogP contribution in [0, 0.1) is 29.9 Å². The Kier molecular flexibility index (Phi) is 6.90. The number of alkyl halides is 2. The number of hydrogen-bond acceptors (Lipinski definition) is 5. The highest BCUT2D eigenvalue weighted by molar-refractivity contribution is 6.31. The maximum atomic E-state index is 12.5. The molecule has 0 aliphatic heterocycles. The van der Waals surface area contributed by atoms with Crippen molar-refractivity contribution in [1.82, 2.24) is 9.78 Å². The van der Waals surface area contributed by atoms with E-state index in [1.165, 1.54) is 6.07 Å². The van der Waals surface area contributed by atoms with Gasteiger partial charge in [0.25, 0.3) is 12.1 Å². The second-order valence-corrected chi connectivity index (χ2v) is 6.61. The van der Waals surface area contributed by atoms with E-state index in [4.69, 9.17) is 16.3 Å². The van der Waals surface area contributed by atoms with Gasteiger partial charge in [0.15, 0.2) is 0 Å². The highest BCUT2D eigenvalue weighted by atomic mass is 35.5. The monoisotopic (exact) mass is 416 g/mol. The molecule has 1 heterocycles. The summed E-state index contributed by atoms with van der Waals surface area (Å²) >= 11 is 6.09. The molecule has 0 radical (unpaired) electrons. The fourth-order valence-corrected chi connectivity index (χ4v) is 2.60. The van der Waals surface area contributed by atoms with Gasteiger partial charge in [-0.1, -0.05) is 18.5 Å². The van der Waals surface area contributed by atoms with E-state index >= 15 is 0 Å². The predicted octanol–water partition coefficient (Wildman–Crippen LogP) is 3.98. The number of halogens is 3. The molecule has 1 amide bonds. The number of non-ortho nitro benzene ring substituents is 1. The van der Waals surface area contributed by atoms with Gasteiger partial charge in [-0.3, -0.25) is 19.6 Å². The van der Waals surface area contributed by atoms with E-state index in [0.717, 1.165) is 17.8 Å². The SMILES string of the molecule is Cc1nn(CC(C)C(=O)Nc2cc(OCC(F)F)cc([N+](=O)[O-])c2)c(C)c1Cl. The minimum Gasteiger partial charge on any atom is -0.487 e. The van der Waals surface area contributed by atoms with Crippen molar-refractivity contribution in [2.75, 3.05) is 11.9 Å². The molecule has 0 aliphatic carbocycles. The van der Waals surface area contributed by atoms with Gasteiger partial charge in [-0.2, -0.15) is 5.10 Å². The van der Waals surface area contributed by atoms with Gasteiger partial charge >= 0.3 is 0 Å². The van der Waals surface area contributed by atoms with E-state index in [1.807, 2.05) is 0 Å². The number of aromatic nitrogens is 2. The molecule has 28 heavy (non-hydrogen) atoms. The van der Waals surface area contributed by atoms with Crippen LogP contribution in [0.25, 0.3) is 0 Å². The fourth-order valence-electron chi connectivity index (χ4n) is 2.46. The Morgan fingerprint density at radius 1 is 1.39 bits per heavy atom. The molecule has 2 rings (SSSR count). The topological polar surface area (TPSA) is 99.3 Å². The summed E-state index contributed by atoms with van der Waals surface area (Å²) in [5.74, 6) is -1.11. The first-order valence-electron chi connectivity index (χ1n) is 8.29. The summed E-state index contributed by atoms with van der Waals surface area (Å²) in [6, 6.07) is 3.39. The average Bonchev–Trinajstić information content (AvgIpc) is 2.86. The fraction of sp³-hybridized carbons (Fsp3) is 0.412. The van der Waals surface area contributed by atoms with Gasteiger partial charge in [0, 0.05) is 12.1 Å². The lowest BCUT2D eigenvalue weighted by atomic mass is 10.1. The standard InChI is InChI=1S/C17H19ClF2N4O4/c1-9(7-23-11(3)16(18)10(2)22-23)17(25)21-12-4-13(24(26)27)6-14(5-12)28-8-15(19)20/h4-6,9,15H,7-8H2,1-3H3,(H,21,25). The van der Waals surface area contributed by atoms with Gasteiger partial charge in [-0.15, -0.1) is 0 Å². The van der Waals surface area contributed by atoms with Crippen molar-refractivity contribution in [2.45, 2.75) is 33.7 Å². The zero-order valence-corrected chi connectivity index (χ0v) is 16.2. The Balaban J connectivity index is 2.14. The van der Waals surface area contributed by atoms with Crippen LogP contribution in [-0.4, -0.2) is 33.6 Å². The second kappa shape index (κ2) is 8.96. The van der Waals surface area contributed by atoms with Crippen LogP contribution in [0.1, 0.15) is 18.3 Å². The number of benzene rings is 1. The molecule has 8 nitrogen and oxygen atoms in total. The largest absolute Gasteiger partial charge is 0.487 e. The maximum Gasteiger partial charge on any atom is 0.275 e. The number of nitrogens with one attached hydrogen (secondary N) is 1. The minimum atomic E-state index is -2.73. The lowest BCUT2D eigenvalue weighted by Crippen LogP contribution is -2.25. The molecular formula is C17H19ClF2N4O4. The third-order valence-electron chi connectivity index (χ3n) is 3.93. The first-order chi connectivity index (χ1) is 13.1. The molecule has 0 saturated heterocycles. The summed E-state index contributed by atoms with van der Waals surface area (Å²) in [4.78, 5) is 22.8. The van der Waals surface area contributed by atoms with Gasteiger partial charge in [-0.05, 0) is 13.8 Å². The first kappa shape index (κ1) is 21.5. The van der Waals surface area contributed by atoms with Crippen LogP contribution < -0.4 is 10.1 Å². The normalized spacial score (nSPS) is 12.1. The Morgan fingerprint density at radius 2 is 2.07 bits per heavy atom. The van der Waals surface area contributed by atoms with Crippen molar-refractivity contribution in [1.29, 1.82) is 0 Å². The molecular weight excluding hydrogens is 398 g/mol. The van der Waals surface area contributed by atoms with Gasteiger partial charge in [-0.25, -0.2) is 8.78 Å². The van der Waals surface area contributed by atoms with Crippen molar-refractivity contribution in [3.63, 3.8) is 0 Å². The van der Waals surface area contributed by atoms with Gasteiger partial charge in [0.1, 0.15) is 12.4 Å². The molecule has 1 unspecified atom stereocenters. The lowest BCUT2D eigenvalue weighted by Gasteiger charge is -2.14. The average molecular weight is 417 g/mol. The van der Waals surface area contributed by atoms with Crippen LogP contribution in [-0.2, 0) is 11.3 Å². The van der Waals surface area contributed by atoms with Crippen LogP contribution in [0.5, 0.6) is 5.75 Å². The molecule has 11 heteroatoms. The number of ether oxygens (including phenoxy) is 1. The summed E-state index contributed by atoms with van der Waals surface area (Å²) in [6.07, 6.45) is -2.73. The third kappa shape index (κ3) is 5.38. The Labute approximate surface area is 164 Å². The number of carbonyl (C=O) groups is 1. The quantitative estimate of drug-likeness (QED) is 0.518. The first-order valence-corrected chi connectivity index (χ1v) is 8.67. The van der Waals surface area contributed by atoms with Gasteiger partial charge in [0.2, 0.25) is 5.91 Å². The zero-order valence-electron chi connectivity index (χ0n) is 15.4. The van der Waals surface area contributed by atoms with Crippen molar-refractivity contribution < 1.29 is 23.2 Å². The molecule has 2 aromatic rings. The summed E-state index contributed by atoms with van der Waals surface area (Å²) in [5, 5.41) is 18.4. The number of nitro groups is 1. The van der Waals surface area contributed by atoms with Crippen molar-refractivity contribution >= 4 is 28.9 Å². The molecule has 0 spiro atoms. The van der Waals surface area contributed by atoms with Gasteiger partial charge in [0.05, 0.1) is 45.6 Å². The molecule has 1 aromatic carbocycles. The van der Waals surface area contributed by atoms with E-state index in [0.29, 0.717) is 10.7 Å². The van der Waals surface area contributed by atoms with E-state index < -0.39 is 29.8 Å². The second-order valence-electron chi connectivity index (χ2n) is 6.23. The van der Waals surface area contributed by atoms with E-state index in [1.54, 1.807) is 25.5 Å². The smallest absolute Gasteiger partial charge is 0.275 e. The summed E-state index contributed by atoms with van der Waals surface area (Å²) in [6.45, 7) is 4.52. The Morgan fingerprint density at radius 3 is 2.61 bits per heavy atom. The van der Waals surface area contributed by atoms with Crippen LogP contribution in [0.2, 0.25) is 5.02 Å². The van der Waals surface area contributed by atoms with Crippen molar-refractivity contribution in [3.05, 3.63) is 44.7 Å². The Hall–Kier alpha value is -2.75. The van der Waals surface area contributed by atoms with Crippen LogP contribution in [0.4, 0.5) is 20.2 Å². The molecule has 1 N–H and O–H groups in total. The number of nitro benzene ring substituents is 1.